The number of rotatable bonds is 2. The Morgan fingerprint density at radius 3 is 2.60 bits per heavy atom. The fourth-order valence-electron chi connectivity index (χ4n) is 3.14. The van der Waals surface area contributed by atoms with Gasteiger partial charge in [-0.25, -0.2) is 0 Å². The van der Waals surface area contributed by atoms with Gasteiger partial charge in [-0.05, 0) is 29.5 Å². The molecule has 0 bridgehead atoms. The van der Waals surface area contributed by atoms with Crippen LogP contribution < -0.4 is 5.32 Å². The maximum atomic E-state index is 11.3. The highest BCUT2D eigenvalue weighted by atomic mass is 16.2. The molecule has 0 radical (unpaired) electrons. The van der Waals surface area contributed by atoms with E-state index in [4.69, 9.17) is 0 Å². The Hall–Kier alpha value is -2.59. The highest BCUT2D eigenvalue weighted by Gasteiger charge is 2.20. The first-order valence-electron chi connectivity index (χ1n) is 8.77. The van der Waals surface area contributed by atoms with Crippen molar-refractivity contribution in [2.24, 2.45) is 0 Å². The number of nitrogens with zero attached hydrogens (tertiary/aromatic N) is 1. The summed E-state index contributed by atoms with van der Waals surface area (Å²) in [6.45, 7) is 4.20. The van der Waals surface area contributed by atoms with Gasteiger partial charge < -0.3 is 15.2 Å². The number of hydrogen-bond acceptors (Lipinski definition) is 2. The molecule has 4 nitrogen and oxygen atoms in total. The number of piperazine rings is 1. The van der Waals surface area contributed by atoms with Crippen LogP contribution in [0.25, 0.3) is 10.9 Å². The molecule has 1 saturated heterocycles. The number of aromatic amines is 1. The minimum Gasteiger partial charge on any atom is -0.361 e. The molecule has 0 aliphatic carbocycles. The van der Waals surface area contributed by atoms with E-state index in [1.165, 1.54) is 16.5 Å². The summed E-state index contributed by atoms with van der Waals surface area (Å²) < 4.78 is 0. The molecule has 1 fully saturated rings. The number of hydrogen-bond donors (Lipinski definition) is 2. The molecule has 1 atom stereocenters. The fourth-order valence-corrected chi connectivity index (χ4v) is 3.14. The largest absolute Gasteiger partial charge is 0.361 e. The number of amides is 1. The maximum absolute atomic E-state index is 11.3. The van der Waals surface area contributed by atoms with Crippen molar-refractivity contribution in [2.45, 2.75) is 19.4 Å². The molecule has 0 spiro atoms. The third-order valence-electron chi connectivity index (χ3n) is 4.49. The second kappa shape index (κ2) is 8.49. The average molecular weight is 335 g/mol. The van der Waals surface area contributed by atoms with Gasteiger partial charge in [0.2, 0.25) is 5.91 Å². The van der Waals surface area contributed by atoms with Crippen LogP contribution in [0.2, 0.25) is 0 Å². The average Bonchev–Trinajstić information content (AvgIpc) is 3.12. The number of fused-ring (bicyclic) bond motifs is 1. The lowest BCUT2D eigenvalue weighted by Gasteiger charge is -2.33. The molecule has 130 valence electrons. The van der Waals surface area contributed by atoms with Gasteiger partial charge in [0.05, 0.1) is 0 Å². The van der Waals surface area contributed by atoms with E-state index in [-0.39, 0.29) is 5.91 Å². The lowest BCUT2D eigenvalue weighted by molar-refractivity contribution is -0.130. The predicted octanol–water partition coefficient (Wildman–Crippen LogP) is 3.22. The van der Waals surface area contributed by atoms with Crippen molar-refractivity contribution < 1.29 is 4.79 Å². The number of benzene rings is 2. The predicted molar refractivity (Wildman–Crippen MR) is 102 cm³/mol. The third kappa shape index (κ3) is 4.94. The molecule has 2 aromatic carbocycles. The summed E-state index contributed by atoms with van der Waals surface area (Å²) >= 11 is 0. The van der Waals surface area contributed by atoms with Gasteiger partial charge in [-0.3, -0.25) is 4.79 Å². The van der Waals surface area contributed by atoms with Crippen LogP contribution in [-0.4, -0.2) is 41.5 Å². The quantitative estimate of drug-likeness (QED) is 0.755. The highest BCUT2D eigenvalue weighted by Crippen LogP contribution is 2.09. The Bertz CT molecular complexity index is 767. The summed E-state index contributed by atoms with van der Waals surface area (Å²) in [4.78, 5) is 16.3. The van der Waals surface area contributed by atoms with E-state index in [0.29, 0.717) is 6.04 Å². The van der Waals surface area contributed by atoms with Gasteiger partial charge in [-0.2, -0.15) is 0 Å². The normalized spacial score (nSPS) is 17.0. The van der Waals surface area contributed by atoms with Gasteiger partial charge in [-0.15, -0.1) is 0 Å². The molecule has 1 aliphatic rings. The highest BCUT2D eigenvalue weighted by molar-refractivity contribution is 5.78. The summed E-state index contributed by atoms with van der Waals surface area (Å²) in [5.74, 6) is 0.180. The van der Waals surface area contributed by atoms with Crippen LogP contribution in [0.3, 0.4) is 0 Å². The zero-order chi connectivity index (χ0) is 17.5. The molecule has 2 N–H and O–H groups in total. The Kier molecular flexibility index (Phi) is 5.86. The Balaban J connectivity index is 0.000000170. The summed E-state index contributed by atoms with van der Waals surface area (Å²) in [5.41, 5.74) is 2.53. The van der Waals surface area contributed by atoms with Crippen molar-refractivity contribution >= 4 is 16.8 Å². The summed E-state index contributed by atoms with van der Waals surface area (Å²) in [6.07, 6.45) is 2.94. The molecular formula is C21H25N3O. The number of H-pyrrole nitrogens is 1. The SMILES string of the molecule is CC(=O)N1CCNC(Cc2ccccc2)C1.c1ccc2[nH]ccc2c1. The number of carbonyl (C=O) groups excluding carboxylic acids is 1. The van der Waals surface area contributed by atoms with Crippen molar-refractivity contribution in [1.82, 2.24) is 15.2 Å². The van der Waals surface area contributed by atoms with Crippen LogP contribution in [0.5, 0.6) is 0 Å². The van der Waals surface area contributed by atoms with E-state index < -0.39 is 0 Å². The zero-order valence-corrected chi connectivity index (χ0v) is 14.6. The zero-order valence-electron chi connectivity index (χ0n) is 14.6. The molecule has 1 aliphatic heterocycles. The van der Waals surface area contributed by atoms with Gasteiger partial charge in [0, 0.05) is 44.3 Å². The van der Waals surface area contributed by atoms with Crippen molar-refractivity contribution in [3.05, 3.63) is 72.4 Å². The second-order valence-electron chi connectivity index (χ2n) is 6.37. The van der Waals surface area contributed by atoms with E-state index in [2.05, 4.69) is 52.8 Å². The number of para-hydroxylation sites is 1. The third-order valence-corrected chi connectivity index (χ3v) is 4.49. The first kappa shape index (κ1) is 17.2. The maximum Gasteiger partial charge on any atom is 0.219 e. The molecule has 25 heavy (non-hydrogen) atoms. The Morgan fingerprint density at radius 2 is 1.84 bits per heavy atom. The van der Waals surface area contributed by atoms with Gasteiger partial charge in [0.15, 0.2) is 0 Å². The molecule has 1 aromatic heterocycles. The molecule has 1 unspecified atom stereocenters. The molecular weight excluding hydrogens is 310 g/mol. The van der Waals surface area contributed by atoms with E-state index in [9.17, 15) is 4.79 Å². The monoisotopic (exact) mass is 335 g/mol. The molecule has 2 heterocycles. The fraction of sp³-hybridized carbons (Fsp3) is 0.286. The van der Waals surface area contributed by atoms with Crippen molar-refractivity contribution in [1.29, 1.82) is 0 Å². The summed E-state index contributed by atoms with van der Waals surface area (Å²) in [6, 6.07) is 21.1. The minimum atomic E-state index is 0.180. The van der Waals surface area contributed by atoms with Gasteiger partial charge in [-0.1, -0.05) is 48.5 Å². The molecule has 1 amide bonds. The van der Waals surface area contributed by atoms with Crippen LogP contribution in [-0.2, 0) is 11.2 Å². The number of carbonyl (C=O) groups is 1. The van der Waals surface area contributed by atoms with Crippen molar-refractivity contribution in [2.75, 3.05) is 19.6 Å². The van der Waals surface area contributed by atoms with E-state index in [1.807, 2.05) is 29.3 Å². The minimum absolute atomic E-state index is 0.180. The summed E-state index contributed by atoms with van der Waals surface area (Å²) in [7, 11) is 0. The van der Waals surface area contributed by atoms with E-state index in [1.54, 1.807) is 6.92 Å². The van der Waals surface area contributed by atoms with Gasteiger partial charge >= 0.3 is 0 Å². The van der Waals surface area contributed by atoms with Crippen LogP contribution in [0.1, 0.15) is 12.5 Å². The molecule has 4 heteroatoms. The van der Waals surface area contributed by atoms with Gasteiger partial charge in [0.25, 0.3) is 0 Å². The first-order chi connectivity index (χ1) is 12.2. The Morgan fingerprint density at radius 1 is 1.08 bits per heavy atom. The molecule has 4 rings (SSSR count). The number of aromatic nitrogens is 1. The van der Waals surface area contributed by atoms with Crippen LogP contribution in [0, 0.1) is 0 Å². The lowest BCUT2D eigenvalue weighted by Crippen LogP contribution is -2.52. The Labute approximate surface area is 148 Å². The smallest absolute Gasteiger partial charge is 0.219 e. The van der Waals surface area contributed by atoms with Crippen LogP contribution in [0.4, 0.5) is 0 Å². The standard InChI is InChI=1S/C13H18N2O.C8H7N/c1-11(16)15-8-7-14-13(10-15)9-12-5-3-2-4-6-12;1-2-4-8-7(3-1)5-6-9-8/h2-6,13-14H,7-10H2,1H3;1-6,9H. The lowest BCUT2D eigenvalue weighted by atomic mass is 10.0. The van der Waals surface area contributed by atoms with Crippen LogP contribution in [0.15, 0.2) is 66.9 Å². The summed E-state index contributed by atoms with van der Waals surface area (Å²) in [5, 5.41) is 4.73. The van der Waals surface area contributed by atoms with E-state index >= 15 is 0 Å². The second-order valence-corrected chi connectivity index (χ2v) is 6.37. The topological polar surface area (TPSA) is 48.1 Å². The molecule has 0 saturated carbocycles. The first-order valence-corrected chi connectivity index (χ1v) is 8.77. The van der Waals surface area contributed by atoms with Crippen molar-refractivity contribution in [3.63, 3.8) is 0 Å². The van der Waals surface area contributed by atoms with Gasteiger partial charge in [0.1, 0.15) is 0 Å². The van der Waals surface area contributed by atoms with Crippen LogP contribution >= 0.6 is 0 Å². The van der Waals surface area contributed by atoms with E-state index in [0.717, 1.165) is 26.1 Å². The number of nitrogens with one attached hydrogen (secondary N) is 2. The van der Waals surface area contributed by atoms with Crippen molar-refractivity contribution in [3.8, 4) is 0 Å². The molecule has 3 aromatic rings.